The van der Waals surface area contributed by atoms with Crippen LogP contribution < -0.4 is 10.2 Å². The van der Waals surface area contributed by atoms with Gasteiger partial charge >= 0.3 is 0 Å². The van der Waals surface area contributed by atoms with Crippen molar-refractivity contribution in [1.82, 2.24) is 4.31 Å². The van der Waals surface area contributed by atoms with E-state index in [1.165, 1.54) is 15.6 Å². The van der Waals surface area contributed by atoms with Crippen LogP contribution in [-0.4, -0.2) is 51.4 Å². The lowest BCUT2D eigenvalue weighted by Gasteiger charge is -2.30. The Hall–Kier alpha value is -1.74. The Kier molecular flexibility index (Phi) is 6.87. The molecule has 8 heteroatoms. The van der Waals surface area contributed by atoms with Crippen molar-refractivity contribution < 1.29 is 18.1 Å². The van der Waals surface area contributed by atoms with Gasteiger partial charge in [-0.2, -0.15) is 4.31 Å². The van der Waals surface area contributed by atoms with E-state index in [1.54, 1.807) is 17.5 Å². The van der Waals surface area contributed by atoms with Gasteiger partial charge in [0.05, 0.1) is 26.2 Å². The minimum atomic E-state index is -3.40. The van der Waals surface area contributed by atoms with Gasteiger partial charge in [0.15, 0.2) is 6.54 Å². The Morgan fingerprint density at radius 1 is 1.21 bits per heavy atom. The molecule has 1 aliphatic heterocycles. The van der Waals surface area contributed by atoms with Crippen molar-refractivity contribution in [2.24, 2.45) is 0 Å². The number of piperazine rings is 1. The van der Waals surface area contributed by atoms with Gasteiger partial charge in [-0.3, -0.25) is 4.79 Å². The molecule has 0 radical (unpaired) electrons. The fraction of sp³-hybridized carbons (Fsp3) is 0.450. The van der Waals surface area contributed by atoms with Gasteiger partial charge in [-0.15, -0.1) is 11.3 Å². The van der Waals surface area contributed by atoms with Crippen molar-refractivity contribution in [1.29, 1.82) is 0 Å². The number of nitrogens with one attached hydrogen (secondary N) is 2. The minimum absolute atomic E-state index is 0.0275. The van der Waals surface area contributed by atoms with Gasteiger partial charge < -0.3 is 10.2 Å². The number of quaternary nitrogens is 1. The third kappa shape index (κ3) is 4.81. The Morgan fingerprint density at radius 2 is 1.93 bits per heavy atom. The number of hydrogen-bond donors (Lipinski definition) is 2. The molecule has 0 spiro atoms. The van der Waals surface area contributed by atoms with Gasteiger partial charge in [0, 0.05) is 5.69 Å². The molecule has 28 heavy (non-hydrogen) atoms. The SMILES string of the molecule is CC[C@@H](C)c1ccccc1NC(=O)C[NH+]1CCN(S(=O)(=O)c2cccs2)CC1. The van der Waals surface area contributed by atoms with E-state index in [-0.39, 0.29) is 5.91 Å². The highest BCUT2D eigenvalue weighted by Crippen LogP contribution is 2.26. The number of thiophene rings is 1. The molecule has 1 saturated heterocycles. The topological polar surface area (TPSA) is 70.9 Å². The van der Waals surface area contributed by atoms with Gasteiger partial charge in [-0.1, -0.05) is 38.1 Å². The molecule has 0 bridgehead atoms. The van der Waals surface area contributed by atoms with Gasteiger partial charge in [-0.05, 0) is 35.4 Å². The molecule has 2 aromatic rings. The van der Waals surface area contributed by atoms with E-state index < -0.39 is 10.0 Å². The van der Waals surface area contributed by atoms with Crippen molar-refractivity contribution in [2.75, 3.05) is 38.0 Å². The van der Waals surface area contributed by atoms with Gasteiger partial charge in [-0.25, -0.2) is 8.42 Å². The zero-order chi connectivity index (χ0) is 20.1. The molecule has 152 valence electrons. The summed E-state index contributed by atoms with van der Waals surface area (Å²) in [6.07, 6.45) is 1.01. The average molecular weight is 423 g/mol. The highest BCUT2D eigenvalue weighted by molar-refractivity contribution is 7.91. The Balaban J connectivity index is 1.55. The number of carbonyl (C=O) groups excluding carboxylic acids is 1. The average Bonchev–Trinajstić information content (AvgIpc) is 3.24. The number of rotatable bonds is 7. The molecule has 1 aromatic heterocycles. The summed E-state index contributed by atoms with van der Waals surface area (Å²) < 4.78 is 27.1. The second-order valence-corrected chi connectivity index (χ2v) is 10.3. The summed E-state index contributed by atoms with van der Waals surface area (Å²) in [7, 11) is -3.40. The fourth-order valence-electron chi connectivity index (χ4n) is 3.44. The van der Waals surface area contributed by atoms with Crippen molar-refractivity contribution in [2.45, 2.75) is 30.4 Å². The van der Waals surface area contributed by atoms with Crippen LogP contribution in [0.4, 0.5) is 5.69 Å². The number of benzene rings is 1. The van der Waals surface area contributed by atoms with Crippen molar-refractivity contribution in [3.05, 3.63) is 47.3 Å². The van der Waals surface area contributed by atoms with Crippen LogP contribution in [0.2, 0.25) is 0 Å². The molecule has 1 aliphatic rings. The smallest absolute Gasteiger partial charge is 0.279 e. The largest absolute Gasteiger partial charge is 0.325 e. The van der Waals surface area contributed by atoms with Gasteiger partial charge in [0.1, 0.15) is 4.21 Å². The van der Waals surface area contributed by atoms with Crippen molar-refractivity contribution >= 4 is 33.0 Å². The van der Waals surface area contributed by atoms with Crippen LogP contribution in [0.15, 0.2) is 46.0 Å². The molecule has 1 atom stereocenters. The fourth-order valence-corrected chi connectivity index (χ4v) is 6.03. The first-order valence-corrected chi connectivity index (χ1v) is 12.0. The molecule has 2 heterocycles. The molecule has 0 unspecified atom stereocenters. The molecular weight excluding hydrogens is 394 g/mol. The second-order valence-electron chi connectivity index (χ2n) is 7.21. The summed E-state index contributed by atoms with van der Waals surface area (Å²) in [5.74, 6) is 0.357. The summed E-state index contributed by atoms with van der Waals surface area (Å²) in [5, 5.41) is 4.82. The van der Waals surface area contributed by atoms with E-state index in [4.69, 9.17) is 0 Å². The maximum absolute atomic E-state index is 12.6. The maximum atomic E-state index is 12.6. The lowest BCUT2D eigenvalue weighted by molar-refractivity contribution is -0.895. The monoisotopic (exact) mass is 422 g/mol. The molecule has 1 aromatic carbocycles. The Labute approximate surface area is 171 Å². The summed E-state index contributed by atoms with van der Waals surface area (Å²) in [6.45, 7) is 6.77. The van der Waals surface area contributed by atoms with Crippen LogP contribution in [0.25, 0.3) is 0 Å². The first-order chi connectivity index (χ1) is 13.4. The quantitative estimate of drug-likeness (QED) is 0.715. The van der Waals surface area contributed by atoms with Crippen LogP contribution in [-0.2, 0) is 14.8 Å². The van der Waals surface area contributed by atoms with E-state index in [2.05, 4.69) is 25.2 Å². The van der Waals surface area contributed by atoms with Crippen molar-refractivity contribution in [3.8, 4) is 0 Å². The third-order valence-corrected chi connectivity index (χ3v) is 8.58. The lowest BCUT2D eigenvalue weighted by Crippen LogP contribution is -3.15. The zero-order valence-electron chi connectivity index (χ0n) is 16.3. The molecule has 2 N–H and O–H groups in total. The maximum Gasteiger partial charge on any atom is 0.279 e. The number of para-hydroxylation sites is 1. The molecule has 0 saturated carbocycles. The van der Waals surface area contributed by atoms with Crippen LogP contribution in [0.3, 0.4) is 0 Å². The van der Waals surface area contributed by atoms with Gasteiger partial charge in [0.2, 0.25) is 0 Å². The number of nitrogens with zero attached hydrogens (tertiary/aromatic N) is 1. The number of amides is 1. The molecule has 3 rings (SSSR count). The zero-order valence-corrected chi connectivity index (χ0v) is 18.0. The predicted octanol–water partition coefficient (Wildman–Crippen LogP) is 1.79. The third-order valence-electron chi connectivity index (χ3n) is 5.31. The summed E-state index contributed by atoms with van der Waals surface area (Å²) in [4.78, 5) is 13.7. The summed E-state index contributed by atoms with van der Waals surface area (Å²) in [5.41, 5.74) is 2.03. The molecule has 1 fully saturated rings. The molecule has 0 aliphatic carbocycles. The van der Waals surface area contributed by atoms with E-state index in [0.29, 0.717) is 42.9 Å². The standard InChI is InChI=1S/C20H27N3O3S2/c1-3-16(2)17-7-4-5-8-18(17)21-19(24)15-22-10-12-23(13-11-22)28(25,26)20-9-6-14-27-20/h4-9,14,16H,3,10-13,15H2,1-2H3,(H,21,24)/p+1/t16-/m1/s1. The number of anilines is 1. The van der Waals surface area contributed by atoms with Crippen LogP contribution >= 0.6 is 11.3 Å². The lowest BCUT2D eigenvalue weighted by atomic mass is 9.97. The van der Waals surface area contributed by atoms with Crippen LogP contribution in [0, 0.1) is 0 Å². The van der Waals surface area contributed by atoms with E-state index >= 15 is 0 Å². The summed E-state index contributed by atoms with van der Waals surface area (Å²) in [6, 6.07) is 11.3. The predicted molar refractivity (Wildman–Crippen MR) is 112 cm³/mol. The van der Waals surface area contributed by atoms with Crippen LogP contribution in [0.5, 0.6) is 0 Å². The second kappa shape index (κ2) is 9.17. The van der Waals surface area contributed by atoms with E-state index in [1.807, 2.05) is 18.2 Å². The highest BCUT2D eigenvalue weighted by Gasteiger charge is 2.31. The van der Waals surface area contributed by atoms with Crippen molar-refractivity contribution in [3.63, 3.8) is 0 Å². The summed E-state index contributed by atoms with van der Waals surface area (Å²) >= 11 is 1.24. The van der Waals surface area contributed by atoms with E-state index in [9.17, 15) is 13.2 Å². The number of sulfonamides is 1. The minimum Gasteiger partial charge on any atom is -0.325 e. The number of hydrogen-bond acceptors (Lipinski definition) is 4. The molecular formula is C20H28N3O3S2+. The van der Waals surface area contributed by atoms with Gasteiger partial charge in [0.25, 0.3) is 15.9 Å². The number of carbonyl (C=O) groups is 1. The molecule has 6 nitrogen and oxygen atoms in total. The Morgan fingerprint density at radius 3 is 2.57 bits per heavy atom. The highest BCUT2D eigenvalue weighted by atomic mass is 32.2. The normalized spacial score (nSPS) is 17.4. The molecule has 1 amide bonds. The first-order valence-electron chi connectivity index (χ1n) is 9.67. The Bertz CT molecular complexity index is 889. The van der Waals surface area contributed by atoms with Crippen LogP contribution in [0.1, 0.15) is 31.7 Å². The van der Waals surface area contributed by atoms with E-state index in [0.717, 1.165) is 22.6 Å². The first kappa shape index (κ1) is 21.0.